The molecule has 1 aromatic heterocycles. The Balaban J connectivity index is 1.71. The van der Waals surface area contributed by atoms with Crippen molar-refractivity contribution in [2.24, 2.45) is 17.8 Å². The van der Waals surface area contributed by atoms with Gasteiger partial charge in [0.2, 0.25) is 6.29 Å². The summed E-state index contributed by atoms with van der Waals surface area (Å²) in [6, 6.07) is 0.475. The molecule has 1 heterocycles. The lowest BCUT2D eigenvalue weighted by molar-refractivity contribution is -0.142. The van der Waals surface area contributed by atoms with Crippen LogP contribution in [0.3, 0.4) is 0 Å². The monoisotopic (exact) mass is 437 g/mol. The van der Waals surface area contributed by atoms with Crippen molar-refractivity contribution in [2.45, 2.75) is 85.0 Å². The predicted octanol–water partition coefficient (Wildman–Crippen LogP) is 4.40. The van der Waals surface area contributed by atoms with Crippen LogP contribution >= 0.6 is 0 Å². The van der Waals surface area contributed by atoms with E-state index >= 15 is 0 Å². The Morgan fingerprint density at radius 2 is 1.97 bits per heavy atom. The van der Waals surface area contributed by atoms with Crippen molar-refractivity contribution in [3.63, 3.8) is 0 Å². The van der Waals surface area contributed by atoms with Gasteiger partial charge in [0.15, 0.2) is 0 Å². The molecule has 1 saturated carbocycles. The van der Waals surface area contributed by atoms with Crippen LogP contribution < -0.4 is 5.32 Å². The van der Waals surface area contributed by atoms with Gasteiger partial charge in [-0.3, -0.25) is 4.79 Å². The van der Waals surface area contributed by atoms with Crippen LogP contribution in [0.2, 0.25) is 0 Å². The summed E-state index contributed by atoms with van der Waals surface area (Å²) in [5.41, 5.74) is 0.814. The van der Waals surface area contributed by atoms with Crippen molar-refractivity contribution in [1.29, 1.82) is 0 Å². The third-order valence-corrected chi connectivity index (χ3v) is 5.80. The molecule has 1 aliphatic rings. The molecule has 2 rings (SSSR count). The number of aliphatic carboxylic acids is 1. The van der Waals surface area contributed by atoms with Crippen LogP contribution in [0.15, 0.2) is 12.5 Å². The van der Waals surface area contributed by atoms with Gasteiger partial charge in [-0.15, -0.1) is 0 Å². The first-order chi connectivity index (χ1) is 14.7. The van der Waals surface area contributed by atoms with Crippen molar-refractivity contribution in [1.82, 2.24) is 14.9 Å². The first-order valence-corrected chi connectivity index (χ1v) is 11.6. The second kappa shape index (κ2) is 12.7. The number of imidazole rings is 1. The van der Waals surface area contributed by atoms with Gasteiger partial charge in [0.05, 0.1) is 24.5 Å². The maximum atomic E-state index is 11.8. The highest BCUT2D eigenvalue weighted by molar-refractivity contribution is 5.70. The topological polar surface area (TPSA) is 103 Å². The summed E-state index contributed by atoms with van der Waals surface area (Å²) in [6.45, 7) is 8.88. The third kappa shape index (κ3) is 9.29. The minimum Gasteiger partial charge on any atom is -0.481 e. The molecular weight excluding hydrogens is 398 g/mol. The number of carbonyl (C=O) groups is 2. The molecule has 1 aliphatic carbocycles. The van der Waals surface area contributed by atoms with Crippen LogP contribution in [0.5, 0.6) is 0 Å². The lowest BCUT2D eigenvalue weighted by Gasteiger charge is -2.26. The average molecular weight is 438 g/mol. The number of carboxylic acid groups (broad SMARTS) is 1. The van der Waals surface area contributed by atoms with Gasteiger partial charge in [-0.25, -0.2) is 9.78 Å². The smallest absolute Gasteiger partial charge is 0.409 e. The van der Waals surface area contributed by atoms with Crippen LogP contribution in [0, 0.1) is 17.8 Å². The van der Waals surface area contributed by atoms with E-state index in [1.165, 1.54) is 12.8 Å². The van der Waals surface area contributed by atoms with Crippen LogP contribution in [0.1, 0.15) is 78.0 Å². The van der Waals surface area contributed by atoms with Crippen molar-refractivity contribution in [2.75, 3.05) is 13.2 Å². The number of alkyl carbamates (subject to hydrolysis) is 1. The lowest BCUT2D eigenvalue weighted by Crippen LogP contribution is -2.30. The standard InChI is InChI=1S/C23H39N3O5/c1-16(2)14-30-18(4)31-23(29)24-11-5-6-19(22(27)28)12-20-13-26(15-25-20)21-9-7-17(3)8-10-21/h13,15-19,21H,5-12,14H2,1-4H3,(H,24,29)(H,27,28)/t17?,18?,19-,21?/m0/s1. The summed E-state index contributed by atoms with van der Waals surface area (Å²) in [4.78, 5) is 27.9. The van der Waals surface area contributed by atoms with Crippen LogP contribution in [0.4, 0.5) is 4.79 Å². The second-order valence-electron chi connectivity index (χ2n) is 9.23. The van der Waals surface area contributed by atoms with Gasteiger partial charge < -0.3 is 24.5 Å². The molecule has 0 aliphatic heterocycles. The first-order valence-electron chi connectivity index (χ1n) is 11.6. The molecule has 31 heavy (non-hydrogen) atoms. The quantitative estimate of drug-likeness (QED) is 0.371. The fourth-order valence-electron chi connectivity index (χ4n) is 3.88. The molecule has 0 radical (unpaired) electrons. The molecule has 0 bridgehead atoms. The molecular formula is C23H39N3O5. The van der Waals surface area contributed by atoms with Crippen molar-refractivity contribution in [3.05, 3.63) is 18.2 Å². The highest BCUT2D eigenvalue weighted by Gasteiger charge is 2.22. The molecule has 1 unspecified atom stereocenters. The molecule has 1 aromatic rings. The summed E-state index contributed by atoms with van der Waals surface area (Å²) in [6.07, 6.45) is 8.86. The number of hydrogen-bond donors (Lipinski definition) is 2. The fraction of sp³-hybridized carbons (Fsp3) is 0.783. The first kappa shape index (κ1) is 25.2. The number of aromatic nitrogens is 2. The molecule has 8 heteroatoms. The Hall–Kier alpha value is -2.09. The van der Waals surface area contributed by atoms with E-state index in [1.54, 1.807) is 6.92 Å². The zero-order valence-corrected chi connectivity index (χ0v) is 19.4. The highest BCUT2D eigenvalue weighted by atomic mass is 16.7. The van der Waals surface area contributed by atoms with E-state index in [0.29, 0.717) is 44.4 Å². The zero-order valence-electron chi connectivity index (χ0n) is 19.4. The molecule has 1 fully saturated rings. The van der Waals surface area contributed by atoms with Crippen molar-refractivity contribution >= 4 is 12.1 Å². The number of nitrogens with one attached hydrogen (secondary N) is 1. The second-order valence-corrected chi connectivity index (χ2v) is 9.23. The van der Waals surface area contributed by atoms with Gasteiger partial charge in [-0.2, -0.15) is 0 Å². The van der Waals surface area contributed by atoms with Gasteiger partial charge in [0.25, 0.3) is 0 Å². The Bertz CT molecular complexity index is 683. The van der Waals surface area contributed by atoms with E-state index in [-0.39, 0.29) is 0 Å². The summed E-state index contributed by atoms with van der Waals surface area (Å²) in [7, 11) is 0. The van der Waals surface area contributed by atoms with E-state index in [2.05, 4.69) is 21.8 Å². The van der Waals surface area contributed by atoms with E-state index < -0.39 is 24.3 Å². The summed E-state index contributed by atoms with van der Waals surface area (Å²) < 4.78 is 12.7. The lowest BCUT2D eigenvalue weighted by atomic mass is 9.87. The van der Waals surface area contributed by atoms with Crippen molar-refractivity contribution in [3.8, 4) is 0 Å². The Kier molecular flexibility index (Phi) is 10.3. The van der Waals surface area contributed by atoms with E-state index in [4.69, 9.17) is 9.47 Å². The minimum absolute atomic E-state index is 0.355. The van der Waals surface area contributed by atoms with Gasteiger partial charge in [0, 0.05) is 25.2 Å². The van der Waals surface area contributed by atoms with E-state index in [0.717, 1.165) is 24.5 Å². The Morgan fingerprint density at radius 1 is 1.26 bits per heavy atom. The molecule has 0 spiro atoms. The maximum Gasteiger partial charge on any atom is 0.409 e. The number of rotatable bonds is 12. The van der Waals surface area contributed by atoms with Crippen LogP contribution in [0.25, 0.3) is 0 Å². The highest BCUT2D eigenvalue weighted by Crippen LogP contribution is 2.31. The third-order valence-electron chi connectivity index (χ3n) is 5.80. The summed E-state index contributed by atoms with van der Waals surface area (Å²) in [5.74, 6) is -0.211. The fourth-order valence-corrected chi connectivity index (χ4v) is 3.88. The Morgan fingerprint density at radius 3 is 2.61 bits per heavy atom. The van der Waals surface area contributed by atoms with Gasteiger partial charge in [-0.1, -0.05) is 20.8 Å². The van der Waals surface area contributed by atoms with Crippen LogP contribution in [-0.2, 0) is 20.7 Å². The molecule has 2 atom stereocenters. The van der Waals surface area contributed by atoms with Crippen molar-refractivity contribution < 1.29 is 24.2 Å². The van der Waals surface area contributed by atoms with E-state index in [9.17, 15) is 14.7 Å². The molecule has 8 nitrogen and oxygen atoms in total. The normalized spacial score (nSPS) is 20.9. The molecule has 0 saturated heterocycles. The zero-order chi connectivity index (χ0) is 22.8. The van der Waals surface area contributed by atoms with E-state index in [1.807, 2.05) is 26.4 Å². The van der Waals surface area contributed by atoms with Gasteiger partial charge in [-0.05, 0) is 57.3 Å². The SMILES string of the molecule is CC(C)COC(C)OC(=O)NCCC[C@@H](Cc1cn(C2CCC(C)CC2)cn1)C(=O)O. The predicted molar refractivity (Wildman–Crippen MR) is 118 cm³/mol. The van der Waals surface area contributed by atoms with Gasteiger partial charge in [0.1, 0.15) is 0 Å². The van der Waals surface area contributed by atoms with Gasteiger partial charge >= 0.3 is 12.1 Å². The number of ether oxygens (including phenoxy) is 2. The minimum atomic E-state index is -0.834. The molecule has 176 valence electrons. The number of amides is 1. The molecule has 0 aromatic carbocycles. The molecule has 2 N–H and O–H groups in total. The molecule has 1 amide bonds. The largest absolute Gasteiger partial charge is 0.481 e. The maximum absolute atomic E-state index is 11.8. The number of carbonyl (C=O) groups excluding carboxylic acids is 1. The summed E-state index contributed by atoms with van der Waals surface area (Å²) >= 11 is 0. The van der Waals surface area contributed by atoms with Crippen LogP contribution in [-0.4, -0.2) is 46.2 Å². The number of nitrogens with zero attached hydrogens (tertiary/aromatic N) is 2. The Labute approximate surface area is 185 Å². The average Bonchev–Trinajstić information content (AvgIpc) is 3.17. The summed E-state index contributed by atoms with van der Waals surface area (Å²) in [5, 5.41) is 12.2. The number of hydrogen-bond acceptors (Lipinski definition) is 5. The number of carboxylic acids is 1.